The van der Waals surface area contributed by atoms with Gasteiger partial charge in [0.15, 0.2) is 0 Å². The van der Waals surface area contributed by atoms with Crippen molar-refractivity contribution in [1.82, 2.24) is 0 Å². The highest BCUT2D eigenvalue weighted by molar-refractivity contribution is 7.68. The van der Waals surface area contributed by atoms with Crippen LogP contribution in [0, 0.1) is 0 Å². The van der Waals surface area contributed by atoms with Crippen LogP contribution in [-0.4, -0.2) is 20.7 Å². The zero-order chi connectivity index (χ0) is 5.78. The van der Waals surface area contributed by atoms with E-state index in [1.54, 1.807) is 0 Å². The van der Waals surface area contributed by atoms with Crippen molar-refractivity contribution in [1.29, 1.82) is 0 Å². The van der Waals surface area contributed by atoms with Crippen LogP contribution in [0.5, 0.6) is 0 Å². The fraction of sp³-hybridized carbons (Fsp3) is 0.800. The molecule has 46 valence electrons. The first-order valence-electron chi connectivity index (χ1n) is 2.91. The maximum atomic E-state index is 9.14. The summed E-state index contributed by atoms with van der Waals surface area (Å²) in [5.74, 6) is 0. The number of rotatable bonds is 0. The van der Waals surface area contributed by atoms with Crippen LogP contribution in [-0.2, 0) is 0 Å². The monoisotopic (exact) mass is 132 g/mol. The molecular weight excluding hydrogens is 123 g/mol. The minimum absolute atomic E-state index is 0.289. The molecule has 0 amide bonds. The molecule has 3 rings (SSSR count). The minimum atomic E-state index is -2.37. The predicted octanol–water partition coefficient (Wildman–Crippen LogP) is 0.557. The lowest BCUT2D eigenvalue weighted by molar-refractivity contribution is 0.453. The Labute approximate surface area is 48.3 Å². The number of hydrogen-bond donors (Lipinski definition) is 2. The smallest absolute Gasteiger partial charge is 0.121 e. The zero-order valence-corrected chi connectivity index (χ0v) is 5.43. The molecule has 1 aliphatic carbocycles. The van der Waals surface area contributed by atoms with E-state index in [2.05, 4.69) is 0 Å². The number of hydrogen-bond acceptors (Lipinski definition) is 2. The predicted molar refractivity (Wildman–Crippen MR) is 34.0 cm³/mol. The van der Waals surface area contributed by atoms with Crippen molar-refractivity contribution in [3.63, 3.8) is 0 Å². The van der Waals surface area contributed by atoms with Crippen molar-refractivity contribution in [3.05, 3.63) is 0 Å². The van der Waals surface area contributed by atoms with Gasteiger partial charge in [-0.1, -0.05) is 0 Å². The Hall–Kier alpha value is 0.220. The van der Waals surface area contributed by atoms with Crippen molar-refractivity contribution in [2.24, 2.45) is 0 Å². The van der Waals surface area contributed by atoms with Gasteiger partial charge in [-0.15, -0.1) is 0 Å². The third-order valence-corrected chi connectivity index (χ3v) is 5.01. The van der Waals surface area contributed by atoms with Crippen LogP contribution in [0.2, 0.25) is 0 Å². The van der Waals surface area contributed by atoms with Gasteiger partial charge < -0.3 is 9.79 Å². The molecule has 3 heteroatoms. The van der Waals surface area contributed by atoms with Crippen LogP contribution < -0.4 is 0 Å². The Bertz CT molecular complexity index is 175. The zero-order valence-electron chi connectivity index (χ0n) is 4.54. The minimum Gasteiger partial charge on any atom is -0.353 e. The molecule has 1 fully saturated rings. The first-order chi connectivity index (χ1) is 3.71. The topological polar surface area (TPSA) is 40.5 Å². The molecule has 0 aromatic heterocycles. The third kappa shape index (κ3) is 0.376. The van der Waals surface area contributed by atoms with Crippen molar-refractivity contribution in [2.45, 2.75) is 24.9 Å². The van der Waals surface area contributed by atoms with E-state index in [1.807, 2.05) is 0 Å². The molecule has 2 bridgehead atoms. The second kappa shape index (κ2) is 1.21. The average Bonchev–Trinajstić information content (AvgIpc) is 2.18. The molecule has 0 saturated heterocycles. The lowest BCUT2D eigenvalue weighted by Gasteiger charge is -2.28. The molecule has 2 nitrogen and oxygen atoms in total. The van der Waals surface area contributed by atoms with E-state index < -0.39 is 7.34 Å². The Morgan fingerprint density at radius 1 is 1.50 bits per heavy atom. The Kier molecular flexibility index (Phi) is 0.760. The summed E-state index contributed by atoms with van der Waals surface area (Å²) in [6.07, 6.45) is 3.04. The molecule has 3 aliphatic rings. The van der Waals surface area contributed by atoms with Crippen molar-refractivity contribution >= 4 is 12.6 Å². The van der Waals surface area contributed by atoms with Gasteiger partial charge in [-0.25, -0.2) is 0 Å². The van der Waals surface area contributed by atoms with Crippen LogP contribution in [0.1, 0.15) is 19.3 Å². The first kappa shape index (κ1) is 5.04. The van der Waals surface area contributed by atoms with Crippen LogP contribution in [0.15, 0.2) is 0 Å². The number of fused-ring (bicyclic) bond motifs is 1. The van der Waals surface area contributed by atoms with Gasteiger partial charge in [-0.3, -0.25) is 0 Å². The molecule has 1 saturated carbocycles. The molecule has 8 heavy (non-hydrogen) atoms. The molecule has 2 N–H and O–H groups in total. The second-order valence-corrected chi connectivity index (χ2v) is 5.27. The van der Waals surface area contributed by atoms with Crippen LogP contribution in [0.25, 0.3) is 0 Å². The van der Waals surface area contributed by atoms with Gasteiger partial charge in [0.2, 0.25) is 0 Å². The van der Waals surface area contributed by atoms with Gasteiger partial charge in [0.05, 0.1) is 0 Å². The lowest BCUT2D eigenvalue weighted by Crippen LogP contribution is -2.16. The highest BCUT2D eigenvalue weighted by Crippen LogP contribution is 2.63. The van der Waals surface area contributed by atoms with Gasteiger partial charge >= 0.3 is 0 Å². The fourth-order valence-corrected chi connectivity index (χ4v) is 3.66. The van der Waals surface area contributed by atoms with E-state index in [9.17, 15) is 0 Å². The summed E-state index contributed by atoms with van der Waals surface area (Å²) in [6.45, 7) is 0. The molecule has 1 atom stereocenters. The van der Waals surface area contributed by atoms with Gasteiger partial charge in [0.25, 0.3) is 0 Å². The van der Waals surface area contributed by atoms with Crippen LogP contribution in [0.4, 0.5) is 0 Å². The first-order valence-corrected chi connectivity index (χ1v) is 4.67. The van der Waals surface area contributed by atoms with E-state index in [0.717, 1.165) is 24.6 Å². The molecule has 0 aromatic rings. The van der Waals surface area contributed by atoms with E-state index in [0.29, 0.717) is 0 Å². The maximum absolute atomic E-state index is 9.14. The Morgan fingerprint density at radius 3 is 2.38 bits per heavy atom. The highest BCUT2D eigenvalue weighted by Gasteiger charge is 2.44. The van der Waals surface area contributed by atoms with E-state index >= 15 is 0 Å². The fourth-order valence-electron chi connectivity index (χ4n) is 1.56. The second-order valence-electron chi connectivity index (χ2n) is 2.61. The average molecular weight is 132 g/mol. The molecule has 0 aromatic carbocycles. The van der Waals surface area contributed by atoms with Crippen LogP contribution in [0.3, 0.4) is 0 Å². The summed E-state index contributed by atoms with van der Waals surface area (Å²) in [5, 5.41) is 1.06. The molecule has 2 heterocycles. The van der Waals surface area contributed by atoms with Gasteiger partial charge in [-0.05, 0) is 24.6 Å². The third-order valence-electron chi connectivity index (χ3n) is 2.21. The summed E-state index contributed by atoms with van der Waals surface area (Å²) in [4.78, 5) is 18.3. The largest absolute Gasteiger partial charge is 0.353 e. The quantitative estimate of drug-likeness (QED) is 0.473. The van der Waals surface area contributed by atoms with Gasteiger partial charge in [0.1, 0.15) is 7.34 Å². The summed E-state index contributed by atoms with van der Waals surface area (Å²) < 4.78 is 0. The Balaban J connectivity index is 2.50. The van der Waals surface area contributed by atoms with Crippen LogP contribution >= 0.6 is 7.34 Å². The molecular formula is C5H9O2P. The van der Waals surface area contributed by atoms with E-state index in [1.165, 1.54) is 0 Å². The van der Waals surface area contributed by atoms with E-state index in [4.69, 9.17) is 9.79 Å². The molecule has 0 spiro atoms. The summed E-state index contributed by atoms with van der Waals surface area (Å²) in [5.41, 5.74) is 0.289. The maximum Gasteiger partial charge on any atom is 0.121 e. The van der Waals surface area contributed by atoms with E-state index in [-0.39, 0.29) is 5.66 Å². The standard InChI is InChI=1S/C5H9O2P/c6-8(7)4-1-2-5(8)3-4/h4,6-7H,1-3H2. The van der Waals surface area contributed by atoms with Crippen molar-refractivity contribution in [2.75, 3.05) is 0 Å². The van der Waals surface area contributed by atoms with Crippen molar-refractivity contribution < 1.29 is 9.79 Å². The molecule has 1 unspecified atom stereocenters. The van der Waals surface area contributed by atoms with Gasteiger partial charge in [0, 0.05) is 5.66 Å². The SMILES string of the molecule is OP1(O)=C2CCC1C2. The highest BCUT2D eigenvalue weighted by atomic mass is 31.2. The van der Waals surface area contributed by atoms with Crippen molar-refractivity contribution in [3.8, 4) is 0 Å². The Morgan fingerprint density at radius 2 is 2.25 bits per heavy atom. The molecule has 0 radical (unpaired) electrons. The molecule has 2 aliphatic heterocycles. The lowest BCUT2D eigenvalue weighted by atomic mass is 10.4. The normalized spacial score (nSPS) is 39.8. The summed E-state index contributed by atoms with van der Waals surface area (Å²) in [6, 6.07) is 0. The van der Waals surface area contributed by atoms with Gasteiger partial charge in [-0.2, -0.15) is 0 Å². The summed E-state index contributed by atoms with van der Waals surface area (Å²) >= 11 is 0. The summed E-state index contributed by atoms with van der Waals surface area (Å²) in [7, 11) is -2.37.